The molecule has 0 aromatic carbocycles. The van der Waals surface area contributed by atoms with Crippen molar-refractivity contribution in [1.82, 2.24) is 19.4 Å². The van der Waals surface area contributed by atoms with Crippen LogP contribution in [0.1, 0.15) is 38.2 Å². The van der Waals surface area contributed by atoms with E-state index in [4.69, 9.17) is 0 Å². The van der Waals surface area contributed by atoms with Crippen LogP contribution in [0.15, 0.2) is 17.1 Å². The van der Waals surface area contributed by atoms with Crippen LogP contribution in [0.2, 0.25) is 0 Å². The Morgan fingerprint density at radius 1 is 1.26 bits per heavy atom. The molecule has 0 aliphatic rings. The summed E-state index contributed by atoms with van der Waals surface area (Å²) in [6.07, 6.45) is 3.95. The number of amides is 1. The predicted octanol–water partition coefficient (Wildman–Crippen LogP) is 2.17. The van der Waals surface area contributed by atoms with E-state index in [9.17, 15) is 19.5 Å². The zero-order valence-electron chi connectivity index (χ0n) is 13.2. The highest BCUT2D eigenvalue weighted by atomic mass is 16.4. The fourth-order valence-electron chi connectivity index (χ4n) is 2.45. The first-order valence-electron chi connectivity index (χ1n) is 7.59. The number of carbonyl (C=O) groups is 2. The summed E-state index contributed by atoms with van der Waals surface area (Å²) in [7, 11) is 0. The van der Waals surface area contributed by atoms with Crippen molar-refractivity contribution in [2.24, 2.45) is 0 Å². The van der Waals surface area contributed by atoms with Crippen molar-refractivity contribution in [1.29, 1.82) is 0 Å². The molecule has 2 heterocycles. The lowest BCUT2D eigenvalue weighted by Crippen LogP contribution is -2.38. The van der Waals surface area contributed by atoms with Crippen molar-refractivity contribution in [3.63, 3.8) is 0 Å². The number of nitrogens with zero attached hydrogens (tertiary/aromatic N) is 3. The van der Waals surface area contributed by atoms with Crippen LogP contribution in [0.4, 0.5) is 9.59 Å². The molecule has 2 aromatic heterocycles. The Labute approximate surface area is 132 Å². The largest absolute Gasteiger partial charge is 0.464 e. The smallest absolute Gasteiger partial charge is 0.420 e. The highest BCUT2D eigenvalue weighted by Crippen LogP contribution is 2.14. The molecule has 0 aliphatic carbocycles. The summed E-state index contributed by atoms with van der Waals surface area (Å²) in [6, 6.07) is 0.934. The monoisotopic (exact) mass is 320 g/mol. The van der Waals surface area contributed by atoms with Gasteiger partial charge < -0.3 is 10.4 Å². The lowest BCUT2D eigenvalue weighted by Gasteiger charge is -2.05. The van der Waals surface area contributed by atoms with Crippen LogP contribution in [0.3, 0.4) is 0 Å². The third-order valence-corrected chi connectivity index (χ3v) is 3.63. The molecule has 0 atom stereocenters. The molecule has 8 heteroatoms. The Kier molecular flexibility index (Phi) is 5.15. The molecule has 124 valence electrons. The number of unbranched alkanes of at least 4 members (excludes halogenated alkanes) is 3. The zero-order valence-corrected chi connectivity index (χ0v) is 13.2. The first-order chi connectivity index (χ1) is 11.0. The van der Waals surface area contributed by atoms with E-state index >= 15 is 0 Å². The number of hydrogen-bond acceptors (Lipinski definition) is 4. The Hall–Kier alpha value is -2.64. The number of fused-ring (bicyclic) bond motifs is 1. The molecule has 0 aliphatic heterocycles. The Morgan fingerprint density at radius 2 is 2.00 bits per heavy atom. The molecule has 2 aromatic rings. The summed E-state index contributed by atoms with van der Waals surface area (Å²) >= 11 is 0. The molecule has 0 bridgehead atoms. The van der Waals surface area contributed by atoms with Crippen molar-refractivity contribution in [3.8, 4) is 0 Å². The first-order valence-corrected chi connectivity index (χ1v) is 7.59. The van der Waals surface area contributed by atoms with Gasteiger partial charge in [0, 0.05) is 12.7 Å². The number of carbonyl (C=O) groups excluding carboxylic acids is 1. The van der Waals surface area contributed by atoms with Crippen LogP contribution in [0.25, 0.3) is 11.2 Å². The van der Waals surface area contributed by atoms with Gasteiger partial charge in [0.1, 0.15) is 5.52 Å². The van der Waals surface area contributed by atoms with Crippen molar-refractivity contribution >= 4 is 23.3 Å². The number of nitrogens with one attached hydrogen (secondary N) is 1. The van der Waals surface area contributed by atoms with Crippen LogP contribution in [0.5, 0.6) is 0 Å². The number of aromatic nitrogens is 3. The predicted molar refractivity (Wildman–Crippen MR) is 85.1 cm³/mol. The average molecular weight is 320 g/mol. The van der Waals surface area contributed by atoms with E-state index in [1.54, 1.807) is 13.0 Å². The summed E-state index contributed by atoms with van der Waals surface area (Å²) in [4.78, 5) is 39.9. The SMILES string of the molecule is CCCCCCNC(=O)n1c(=O)n(C(=O)O)c2c(C)ccnc21. The molecule has 0 spiro atoms. The number of imidazole rings is 1. The molecule has 2 N–H and O–H groups in total. The van der Waals surface area contributed by atoms with Crippen LogP contribution < -0.4 is 11.0 Å². The van der Waals surface area contributed by atoms with Crippen LogP contribution >= 0.6 is 0 Å². The summed E-state index contributed by atoms with van der Waals surface area (Å²) < 4.78 is 1.32. The quantitative estimate of drug-likeness (QED) is 0.821. The minimum atomic E-state index is -1.44. The van der Waals surface area contributed by atoms with Gasteiger partial charge in [-0.2, -0.15) is 9.13 Å². The highest BCUT2D eigenvalue weighted by molar-refractivity contribution is 5.93. The average Bonchev–Trinajstić information content (AvgIpc) is 2.80. The number of pyridine rings is 1. The first kappa shape index (κ1) is 16.7. The molecular formula is C15H20N4O4. The fourth-order valence-corrected chi connectivity index (χ4v) is 2.45. The van der Waals surface area contributed by atoms with Crippen molar-refractivity contribution in [2.45, 2.75) is 39.5 Å². The Balaban J connectivity index is 2.36. The van der Waals surface area contributed by atoms with Gasteiger partial charge in [-0.25, -0.2) is 19.4 Å². The second kappa shape index (κ2) is 7.08. The standard InChI is InChI=1S/C15H20N4O4/c1-3-4-5-6-8-17-13(20)19-12-11(10(2)7-9-16-12)18(14(19)21)15(22)23/h7,9H,3-6,8H2,1-2H3,(H,17,20)(H,22,23). The van der Waals surface area contributed by atoms with E-state index in [1.807, 2.05) is 0 Å². The fraction of sp³-hybridized carbons (Fsp3) is 0.467. The summed E-state index contributed by atoms with van der Waals surface area (Å²) in [5.74, 6) is 0. The van der Waals surface area contributed by atoms with Gasteiger partial charge in [-0.3, -0.25) is 0 Å². The molecule has 0 fully saturated rings. The van der Waals surface area contributed by atoms with E-state index in [1.165, 1.54) is 6.20 Å². The minimum Gasteiger partial charge on any atom is -0.464 e. The molecule has 0 saturated heterocycles. The minimum absolute atomic E-state index is 0.0449. The molecule has 23 heavy (non-hydrogen) atoms. The molecule has 1 amide bonds. The second-order valence-electron chi connectivity index (χ2n) is 5.33. The lowest BCUT2D eigenvalue weighted by molar-refractivity contribution is 0.196. The topological polar surface area (TPSA) is 106 Å². The van der Waals surface area contributed by atoms with E-state index in [2.05, 4.69) is 17.2 Å². The summed E-state index contributed by atoms with van der Waals surface area (Å²) in [6.45, 7) is 4.18. The maximum atomic E-state index is 12.3. The Morgan fingerprint density at radius 3 is 2.65 bits per heavy atom. The van der Waals surface area contributed by atoms with Crippen molar-refractivity contribution < 1.29 is 14.7 Å². The highest BCUT2D eigenvalue weighted by Gasteiger charge is 2.23. The molecule has 2 rings (SSSR count). The van der Waals surface area contributed by atoms with Gasteiger partial charge in [-0.1, -0.05) is 26.2 Å². The van der Waals surface area contributed by atoms with E-state index in [-0.39, 0.29) is 11.2 Å². The summed E-state index contributed by atoms with van der Waals surface area (Å²) in [5, 5.41) is 11.9. The maximum Gasteiger partial charge on any atom is 0.420 e. The Bertz CT molecular complexity index is 791. The molecule has 0 radical (unpaired) electrons. The van der Waals surface area contributed by atoms with Crippen molar-refractivity contribution in [2.75, 3.05) is 6.54 Å². The van der Waals surface area contributed by atoms with Gasteiger partial charge in [0.25, 0.3) is 0 Å². The van der Waals surface area contributed by atoms with E-state index in [0.29, 0.717) is 16.7 Å². The van der Waals surface area contributed by atoms with E-state index in [0.717, 1.165) is 30.3 Å². The van der Waals surface area contributed by atoms with Gasteiger partial charge in [-0.15, -0.1) is 0 Å². The maximum absolute atomic E-state index is 12.3. The van der Waals surface area contributed by atoms with Gasteiger partial charge in [0.05, 0.1) is 0 Å². The van der Waals surface area contributed by atoms with Crippen LogP contribution in [-0.4, -0.2) is 37.9 Å². The zero-order chi connectivity index (χ0) is 17.0. The number of hydrogen-bond donors (Lipinski definition) is 2. The third kappa shape index (κ3) is 3.25. The van der Waals surface area contributed by atoms with Gasteiger partial charge in [0.2, 0.25) is 0 Å². The van der Waals surface area contributed by atoms with Crippen LogP contribution in [0, 0.1) is 6.92 Å². The van der Waals surface area contributed by atoms with Gasteiger partial charge >= 0.3 is 17.8 Å². The normalized spacial score (nSPS) is 10.9. The van der Waals surface area contributed by atoms with E-state index < -0.39 is 17.8 Å². The summed E-state index contributed by atoms with van der Waals surface area (Å²) in [5.41, 5.74) is -0.195. The number of aryl methyl sites for hydroxylation is 1. The number of rotatable bonds is 5. The van der Waals surface area contributed by atoms with Gasteiger partial charge in [0.15, 0.2) is 5.65 Å². The third-order valence-electron chi connectivity index (χ3n) is 3.63. The van der Waals surface area contributed by atoms with Gasteiger partial charge in [-0.05, 0) is 25.0 Å². The van der Waals surface area contributed by atoms with Crippen molar-refractivity contribution in [3.05, 3.63) is 28.3 Å². The van der Waals surface area contributed by atoms with Crippen LogP contribution in [-0.2, 0) is 0 Å². The molecule has 0 unspecified atom stereocenters. The number of carboxylic acid groups (broad SMARTS) is 1. The lowest BCUT2D eigenvalue weighted by atomic mass is 10.2. The molecule has 8 nitrogen and oxygen atoms in total. The molecular weight excluding hydrogens is 300 g/mol. The molecule has 0 saturated carbocycles. The second-order valence-corrected chi connectivity index (χ2v) is 5.33.